The molecule has 0 N–H and O–H groups in total. The summed E-state index contributed by atoms with van der Waals surface area (Å²) >= 11 is 6.01. The quantitative estimate of drug-likeness (QED) is 0.384. The Balaban J connectivity index is 1.59. The molecule has 4 aromatic rings. The second kappa shape index (κ2) is 8.45. The van der Waals surface area contributed by atoms with Gasteiger partial charge in [0.25, 0.3) is 0 Å². The van der Waals surface area contributed by atoms with Crippen LogP contribution in [0.3, 0.4) is 0 Å². The van der Waals surface area contributed by atoms with Crippen LogP contribution in [0.15, 0.2) is 79.0 Å². The molecule has 0 amide bonds. The third-order valence-electron chi connectivity index (χ3n) is 4.40. The van der Waals surface area contributed by atoms with Gasteiger partial charge in [0.2, 0.25) is 0 Å². The molecule has 0 spiro atoms. The average molecular weight is 411 g/mol. The van der Waals surface area contributed by atoms with E-state index in [2.05, 4.69) is 0 Å². The summed E-state index contributed by atoms with van der Waals surface area (Å²) in [7, 11) is 0. The number of halogens is 3. The lowest BCUT2D eigenvalue weighted by molar-refractivity contribution is 0.320. The molecule has 0 saturated carbocycles. The smallest absolute Gasteiger partial charge is 0.144 e. The van der Waals surface area contributed by atoms with Gasteiger partial charge in [0, 0.05) is 28.9 Å². The molecular weight excluding hydrogens is 394 g/mol. The molecular formula is C23H17ClF2N2O. The second-order valence-corrected chi connectivity index (χ2v) is 6.90. The van der Waals surface area contributed by atoms with Crippen LogP contribution in [0.4, 0.5) is 8.78 Å². The van der Waals surface area contributed by atoms with Crippen molar-refractivity contribution in [3.8, 4) is 22.8 Å². The van der Waals surface area contributed by atoms with E-state index in [1.54, 1.807) is 24.3 Å². The molecule has 0 aliphatic rings. The van der Waals surface area contributed by atoms with Crippen LogP contribution in [0.25, 0.3) is 17.1 Å². The molecule has 1 heterocycles. The molecule has 3 aromatic carbocycles. The highest BCUT2D eigenvalue weighted by Gasteiger charge is 2.12. The minimum Gasteiger partial charge on any atom is -0.493 e. The minimum atomic E-state index is -0.303. The van der Waals surface area contributed by atoms with Gasteiger partial charge in [0.1, 0.15) is 23.2 Å². The van der Waals surface area contributed by atoms with Gasteiger partial charge in [-0.25, -0.2) is 13.8 Å². The molecule has 29 heavy (non-hydrogen) atoms. The summed E-state index contributed by atoms with van der Waals surface area (Å²) in [6.07, 6.45) is 2.49. The highest BCUT2D eigenvalue weighted by molar-refractivity contribution is 6.30. The first-order chi connectivity index (χ1) is 14.1. The van der Waals surface area contributed by atoms with Crippen molar-refractivity contribution >= 4 is 11.6 Å². The maximum absolute atomic E-state index is 13.3. The fraction of sp³-hybridized carbons (Fsp3) is 0.0870. The third-order valence-corrected chi connectivity index (χ3v) is 4.66. The van der Waals surface area contributed by atoms with E-state index >= 15 is 0 Å². The zero-order chi connectivity index (χ0) is 20.2. The van der Waals surface area contributed by atoms with Crippen LogP contribution in [0, 0.1) is 11.6 Å². The van der Waals surface area contributed by atoms with Crippen LogP contribution in [0.1, 0.15) is 5.69 Å². The SMILES string of the molecule is Fc1ccc(OCCc2cn(-c3ccc(Cl)cc3)c(-c3ccc(F)cc3)n2)cc1. The molecule has 0 radical (unpaired) electrons. The first kappa shape index (κ1) is 19.2. The Morgan fingerprint density at radius 3 is 2.10 bits per heavy atom. The molecule has 0 bridgehead atoms. The zero-order valence-electron chi connectivity index (χ0n) is 15.4. The highest BCUT2D eigenvalue weighted by Crippen LogP contribution is 2.25. The van der Waals surface area contributed by atoms with E-state index in [4.69, 9.17) is 21.3 Å². The highest BCUT2D eigenvalue weighted by atomic mass is 35.5. The van der Waals surface area contributed by atoms with Crippen LogP contribution in [0.2, 0.25) is 5.02 Å². The number of benzene rings is 3. The van der Waals surface area contributed by atoms with Crippen molar-refractivity contribution in [3.05, 3.63) is 101 Å². The van der Waals surface area contributed by atoms with E-state index < -0.39 is 0 Å². The van der Waals surface area contributed by atoms with Gasteiger partial charge in [-0.05, 0) is 72.8 Å². The Morgan fingerprint density at radius 2 is 1.45 bits per heavy atom. The molecule has 3 nitrogen and oxygen atoms in total. The lowest BCUT2D eigenvalue weighted by Crippen LogP contribution is -2.01. The molecule has 0 fully saturated rings. The number of hydrogen-bond acceptors (Lipinski definition) is 2. The fourth-order valence-corrected chi connectivity index (χ4v) is 3.08. The van der Waals surface area contributed by atoms with Gasteiger partial charge in [0.15, 0.2) is 0 Å². The van der Waals surface area contributed by atoms with Gasteiger partial charge in [-0.1, -0.05) is 11.6 Å². The molecule has 0 atom stereocenters. The van der Waals surface area contributed by atoms with Gasteiger partial charge < -0.3 is 4.74 Å². The van der Waals surface area contributed by atoms with Crippen LogP contribution in [0.5, 0.6) is 5.75 Å². The first-order valence-corrected chi connectivity index (χ1v) is 9.45. The Hall–Kier alpha value is -3.18. The van der Waals surface area contributed by atoms with Crippen molar-refractivity contribution in [3.63, 3.8) is 0 Å². The first-order valence-electron chi connectivity index (χ1n) is 9.07. The molecule has 0 aliphatic heterocycles. The van der Waals surface area contributed by atoms with Crippen LogP contribution >= 0.6 is 11.6 Å². The summed E-state index contributed by atoms with van der Waals surface area (Å²) in [4.78, 5) is 4.72. The predicted octanol–water partition coefficient (Wildman–Crippen LogP) is 6.09. The van der Waals surface area contributed by atoms with E-state index in [-0.39, 0.29) is 11.6 Å². The molecule has 0 saturated heterocycles. The summed E-state index contributed by atoms with van der Waals surface area (Å²) in [5.41, 5.74) is 2.51. The maximum Gasteiger partial charge on any atom is 0.144 e. The van der Waals surface area contributed by atoms with Crippen molar-refractivity contribution in [1.82, 2.24) is 9.55 Å². The van der Waals surface area contributed by atoms with Gasteiger partial charge in [0.05, 0.1) is 12.3 Å². The van der Waals surface area contributed by atoms with E-state index in [1.807, 2.05) is 35.0 Å². The predicted molar refractivity (Wildman–Crippen MR) is 110 cm³/mol. The standard InChI is InChI=1S/C23H17ClF2N2O/c24-17-3-9-21(10-4-17)28-15-20(13-14-29-22-11-7-19(26)8-12-22)27-23(28)16-1-5-18(25)6-2-16/h1-12,15H,13-14H2. The molecule has 146 valence electrons. The summed E-state index contributed by atoms with van der Waals surface area (Å²) < 4.78 is 34.0. The van der Waals surface area contributed by atoms with Crippen molar-refractivity contribution in [2.75, 3.05) is 6.61 Å². The Morgan fingerprint density at radius 1 is 0.828 bits per heavy atom. The van der Waals surface area contributed by atoms with Crippen LogP contribution < -0.4 is 4.74 Å². The molecule has 4 rings (SSSR count). The van der Waals surface area contributed by atoms with Crippen molar-refractivity contribution in [2.24, 2.45) is 0 Å². The molecule has 1 aromatic heterocycles. The van der Waals surface area contributed by atoms with Crippen molar-refractivity contribution in [2.45, 2.75) is 6.42 Å². The zero-order valence-corrected chi connectivity index (χ0v) is 16.1. The van der Waals surface area contributed by atoms with E-state index in [9.17, 15) is 8.78 Å². The van der Waals surface area contributed by atoms with Gasteiger partial charge in [-0.2, -0.15) is 0 Å². The molecule has 0 aliphatic carbocycles. The van der Waals surface area contributed by atoms with Gasteiger partial charge in [-0.3, -0.25) is 4.57 Å². The second-order valence-electron chi connectivity index (χ2n) is 6.46. The largest absolute Gasteiger partial charge is 0.493 e. The van der Waals surface area contributed by atoms with Crippen molar-refractivity contribution in [1.29, 1.82) is 0 Å². The Bertz CT molecular complexity index is 1030. The lowest BCUT2D eigenvalue weighted by atomic mass is 10.2. The summed E-state index contributed by atoms with van der Waals surface area (Å²) in [6, 6.07) is 19.5. The van der Waals surface area contributed by atoms with E-state index in [1.165, 1.54) is 24.3 Å². The fourth-order valence-electron chi connectivity index (χ4n) is 2.95. The van der Waals surface area contributed by atoms with Crippen LogP contribution in [-0.4, -0.2) is 16.2 Å². The normalized spacial score (nSPS) is 10.9. The van der Waals surface area contributed by atoms with Crippen LogP contribution in [-0.2, 0) is 6.42 Å². The Kier molecular flexibility index (Phi) is 5.58. The number of rotatable bonds is 6. The maximum atomic E-state index is 13.3. The number of hydrogen-bond donors (Lipinski definition) is 0. The molecule has 6 heteroatoms. The summed E-state index contributed by atoms with van der Waals surface area (Å²) in [6.45, 7) is 0.395. The van der Waals surface area contributed by atoms with E-state index in [0.717, 1.165) is 16.9 Å². The van der Waals surface area contributed by atoms with Gasteiger partial charge in [-0.15, -0.1) is 0 Å². The number of nitrogens with zero attached hydrogens (tertiary/aromatic N) is 2. The molecule has 0 unspecified atom stereocenters. The Labute approximate surface area is 172 Å². The minimum absolute atomic E-state index is 0.300. The third kappa shape index (κ3) is 4.63. The summed E-state index contributed by atoms with van der Waals surface area (Å²) in [5, 5.41) is 0.644. The monoisotopic (exact) mass is 410 g/mol. The van der Waals surface area contributed by atoms with E-state index in [0.29, 0.717) is 29.6 Å². The number of aromatic nitrogens is 2. The van der Waals surface area contributed by atoms with Gasteiger partial charge >= 0.3 is 0 Å². The van der Waals surface area contributed by atoms with Crippen molar-refractivity contribution < 1.29 is 13.5 Å². The lowest BCUT2D eigenvalue weighted by Gasteiger charge is -2.08. The summed E-state index contributed by atoms with van der Waals surface area (Å²) in [5.74, 6) is 0.695. The topological polar surface area (TPSA) is 27.1 Å². The number of ether oxygens (including phenoxy) is 1. The number of imidazole rings is 1. The average Bonchev–Trinajstić information content (AvgIpc) is 3.15.